The van der Waals surface area contributed by atoms with Gasteiger partial charge in [0.05, 0.1) is 0 Å². The van der Waals surface area contributed by atoms with Crippen molar-refractivity contribution in [3.8, 4) is 5.75 Å². The fourth-order valence-electron chi connectivity index (χ4n) is 0.810. The highest BCUT2D eigenvalue weighted by Crippen LogP contribution is 2.21. The first-order valence-electron chi connectivity index (χ1n) is 3.71. The van der Waals surface area contributed by atoms with Crippen LogP contribution in [0.5, 0.6) is 5.75 Å². The highest BCUT2D eigenvalue weighted by atomic mass is 35.5. The fraction of sp³-hybridized carbons (Fsp3) is 0.222. The third-order valence-corrected chi connectivity index (χ3v) is 1.69. The lowest BCUT2D eigenvalue weighted by Gasteiger charge is -2.06. The molecule has 0 saturated carbocycles. The van der Waals surface area contributed by atoms with Gasteiger partial charge in [-0.2, -0.15) is 0 Å². The molecule has 0 aromatic heterocycles. The van der Waals surface area contributed by atoms with Crippen molar-refractivity contribution in [3.05, 3.63) is 28.8 Å². The smallest absolute Gasteiger partial charge is 0.215 e. The molecule has 0 aliphatic carbocycles. The first-order valence-corrected chi connectivity index (χ1v) is 4.49. The second-order valence-electron chi connectivity index (χ2n) is 2.57. The third kappa shape index (κ3) is 3.20. The molecule has 0 bridgehead atoms. The number of aryl methyl sites for hydroxylation is 1. The molecule has 0 saturated heterocycles. The van der Waals surface area contributed by atoms with E-state index in [1.54, 1.807) is 25.1 Å². The quantitative estimate of drug-likeness (QED) is 0.429. The van der Waals surface area contributed by atoms with E-state index in [9.17, 15) is 0 Å². The minimum Gasteiger partial charge on any atom is -0.289 e. The molecule has 0 unspecified atom stereocenters. The van der Waals surface area contributed by atoms with Crippen LogP contribution in [0.1, 0.15) is 12.5 Å². The standard InChI is InChI=1S/C9H9ClO2S/c1-6-5-8(10)3-4-9(6)12-11-7(2)13/h3-5H,1-2H3. The van der Waals surface area contributed by atoms with E-state index in [0.717, 1.165) is 5.56 Å². The zero-order chi connectivity index (χ0) is 9.84. The van der Waals surface area contributed by atoms with Crippen LogP contribution in [-0.4, -0.2) is 5.05 Å². The Kier molecular flexibility index (Phi) is 3.51. The van der Waals surface area contributed by atoms with Gasteiger partial charge in [0.1, 0.15) is 0 Å². The van der Waals surface area contributed by atoms with Crippen LogP contribution in [-0.2, 0) is 4.89 Å². The van der Waals surface area contributed by atoms with E-state index in [4.69, 9.17) is 33.6 Å². The molecule has 0 spiro atoms. The number of hydrogen-bond donors (Lipinski definition) is 0. The van der Waals surface area contributed by atoms with Gasteiger partial charge in [0.15, 0.2) is 5.75 Å². The predicted octanol–water partition coefficient (Wildman–Crippen LogP) is 3.31. The Morgan fingerprint density at radius 2 is 2.15 bits per heavy atom. The van der Waals surface area contributed by atoms with Crippen LogP contribution >= 0.6 is 23.8 Å². The molecule has 70 valence electrons. The molecular weight excluding hydrogens is 208 g/mol. The van der Waals surface area contributed by atoms with Crippen molar-refractivity contribution in [1.82, 2.24) is 0 Å². The number of halogens is 1. The number of benzene rings is 1. The minimum atomic E-state index is 0.342. The maximum atomic E-state index is 5.76. The molecular formula is C9H9ClO2S. The van der Waals surface area contributed by atoms with Crippen molar-refractivity contribution < 1.29 is 9.78 Å². The van der Waals surface area contributed by atoms with Crippen LogP contribution in [0.25, 0.3) is 0 Å². The number of thiocarbonyl (C=S) groups is 1. The Morgan fingerprint density at radius 3 is 2.69 bits per heavy atom. The first-order chi connectivity index (χ1) is 6.09. The molecule has 0 fully saturated rings. The van der Waals surface area contributed by atoms with E-state index in [0.29, 0.717) is 15.8 Å². The van der Waals surface area contributed by atoms with Crippen molar-refractivity contribution >= 4 is 28.9 Å². The lowest BCUT2D eigenvalue weighted by atomic mass is 10.2. The third-order valence-electron chi connectivity index (χ3n) is 1.39. The van der Waals surface area contributed by atoms with Gasteiger partial charge in [-0.15, -0.1) is 0 Å². The van der Waals surface area contributed by atoms with E-state index in [-0.39, 0.29) is 0 Å². The minimum absolute atomic E-state index is 0.342. The molecule has 0 radical (unpaired) electrons. The van der Waals surface area contributed by atoms with E-state index < -0.39 is 0 Å². The Morgan fingerprint density at radius 1 is 1.46 bits per heavy atom. The molecule has 4 heteroatoms. The highest BCUT2D eigenvalue weighted by molar-refractivity contribution is 7.80. The van der Waals surface area contributed by atoms with E-state index in [1.807, 2.05) is 6.92 Å². The summed E-state index contributed by atoms with van der Waals surface area (Å²) in [5.74, 6) is 0.619. The van der Waals surface area contributed by atoms with Gasteiger partial charge in [0.25, 0.3) is 0 Å². The largest absolute Gasteiger partial charge is 0.289 e. The Labute approximate surface area is 87.3 Å². The van der Waals surface area contributed by atoms with Crippen LogP contribution in [0.4, 0.5) is 0 Å². The van der Waals surface area contributed by atoms with Crippen LogP contribution in [0.15, 0.2) is 18.2 Å². The van der Waals surface area contributed by atoms with Gasteiger partial charge >= 0.3 is 0 Å². The molecule has 0 aliphatic rings. The van der Waals surface area contributed by atoms with E-state index >= 15 is 0 Å². The first kappa shape index (κ1) is 10.3. The van der Waals surface area contributed by atoms with Crippen molar-refractivity contribution in [3.63, 3.8) is 0 Å². The molecule has 0 heterocycles. The summed E-state index contributed by atoms with van der Waals surface area (Å²) < 4.78 is 0. The average molecular weight is 217 g/mol. The summed E-state index contributed by atoms with van der Waals surface area (Å²) in [6, 6.07) is 5.25. The Hall–Kier alpha value is -0.800. The van der Waals surface area contributed by atoms with E-state index in [2.05, 4.69) is 0 Å². The molecule has 2 nitrogen and oxygen atoms in total. The van der Waals surface area contributed by atoms with Gasteiger partial charge in [-0.25, -0.2) is 0 Å². The van der Waals surface area contributed by atoms with Gasteiger partial charge in [-0.1, -0.05) is 11.6 Å². The number of hydrogen-bond acceptors (Lipinski definition) is 3. The summed E-state index contributed by atoms with van der Waals surface area (Å²) in [6.45, 7) is 3.52. The Bertz CT molecular complexity index is 325. The molecule has 0 atom stereocenters. The van der Waals surface area contributed by atoms with E-state index in [1.165, 1.54) is 0 Å². The second-order valence-corrected chi connectivity index (χ2v) is 3.58. The molecule has 1 rings (SSSR count). The number of rotatable bonds is 2. The summed E-state index contributed by atoms with van der Waals surface area (Å²) >= 11 is 10.4. The summed E-state index contributed by atoms with van der Waals surface area (Å²) in [5, 5.41) is 1.01. The molecule has 13 heavy (non-hydrogen) atoms. The lowest BCUT2D eigenvalue weighted by Crippen LogP contribution is -2.01. The Balaban J connectivity index is 2.72. The highest BCUT2D eigenvalue weighted by Gasteiger charge is 2.01. The maximum Gasteiger partial charge on any atom is 0.215 e. The lowest BCUT2D eigenvalue weighted by molar-refractivity contribution is -0.114. The molecule has 0 amide bonds. The molecule has 0 aliphatic heterocycles. The zero-order valence-corrected chi connectivity index (χ0v) is 8.91. The van der Waals surface area contributed by atoms with Gasteiger partial charge < -0.3 is 0 Å². The predicted molar refractivity (Wildman–Crippen MR) is 56.2 cm³/mol. The summed E-state index contributed by atoms with van der Waals surface area (Å²) in [6.07, 6.45) is 0. The van der Waals surface area contributed by atoms with Crippen LogP contribution in [0, 0.1) is 6.92 Å². The molecule has 1 aromatic rings. The van der Waals surface area contributed by atoms with Gasteiger partial charge in [-0.05, 0) is 42.9 Å². The monoisotopic (exact) mass is 216 g/mol. The maximum absolute atomic E-state index is 5.76. The van der Waals surface area contributed by atoms with Gasteiger partial charge in [0, 0.05) is 11.9 Å². The van der Waals surface area contributed by atoms with Gasteiger partial charge in [0.2, 0.25) is 5.05 Å². The van der Waals surface area contributed by atoms with Crippen molar-refractivity contribution in [2.24, 2.45) is 0 Å². The van der Waals surface area contributed by atoms with Crippen molar-refractivity contribution in [2.45, 2.75) is 13.8 Å². The zero-order valence-electron chi connectivity index (χ0n) is 7.33. The fourth-order valence-corrected chi connectivity index (χ4v) is 1.07. The molecule has 0 N–H and O–H groups in total. The van der Waals surface area contributed by atoms with Crippen molar-refractivity contribution in [2.75, 3.05) is 0 Å². The summed E-state index contributed by atoms with van der Waals surface area (Å²) in [7, 11) is 0. The topological polar surface area (TPSA) is 18.5 Å². The SMILES string of the molecule is CC(=S)OOc1ccc(Cl)cc1C. The second kappa shape index (κ2) is 4.44. The normalized spacial score (nSPS) is 9.46. The van der Waals surface area contributed by atoms with Crippen LogP contribution in [0.3, 0.4) is 0 Å². The van der Waals surface area contributed by atoms with Crippen LogP contribution < -0.4 is 4.89 Å². The summed E-state index contributed by atoms with van der Waals surface area (Å²) in [4.78, 5) is 9.69. The summed E-state index contributed by atoms with van der Waals surface area (Å²) in [5.41, 5.74) is 0.906. The van der Waals surface area contributed by atoms with Gasteiger partial charge in [-0.3, -0.25) is 9.78 Å². The van der Waals surface area contributed by atoms with Crippen molar-refractivity contribution in [1.29, 1.82) is 0 Å². The molecule has 1 aromatic carbocycles. The van der Waals surface area contributed by atoms with Crippen LogP contribution in [0.2, 0.25) is 5.02 Å². The average Bonchev–Trinajstić information content (AvgIpc) is 2.02.